The van der Waals surface area contributed by atoms with E-state index in [0.717, 1.165) is 11.4 Å². The van der Waals surface area contributed by atoms with E-state index >= 15 is 0 Å². The minimum Gasteiger partial charge on any atom is -0.381 e. The van der Waals surface area contributed by atoms with E-state index in [2.05, 4.69) is 10.6 Å². The Bertz CT molecular complexity index is 489. The highest BCUT2D eigenvalue weighted by molar-refractivity contribution is 5.91. The van der Waals surface area contributed by atoms with Crippen LogP contribution in [0.15, 0.2) is 24.3 Å². The van der Waals surface area contributed by atoms with Crippen LogP contribution >= 0.6 is 0 Å². The molecule has 1 aliphatic heterocycles. The molecule has 1 aliphatic rings. The van der Waals surface area contributed by atoms with Crippen molar-refractivity contribution in [2.24, 2.45) is 5.73 Å². The van der Waals surface area contributed by atoms with Crippen molar-refractivity contribution < 1.29 is 9.59 Å². The first-order valence-corrected chi connectivity index (χ1v) is 6.28. The lowest BCUT2D eigenvalue weighted by molar-refractivity contribution is -0.135. The number of nitrogens with zero attached hydrogens (tertiary/aromatic N) is 1. The predicted octanol–water partition coefficient (Wildman–Crippen LogP) is 0.226. The van der Waals surface area contributed by atoms with Gasteiger partial charge in [-0.2, -0.15) is 0 Å². The highest BCUT2D eigenvalue weighted by Crippen LogP contribution is 2.25. The Hall–Kier alpha value is -2.24. The number of para-hydroxylation sites is 2. The van der Waals surface area contributed by atoms with Crippen molar-refractivity contribution in [2.45, 2.75) is 13.0 Å². The third kappa shape index (κ3) is 2.96. The Morgan fingerprint density at radius 1 is 1.37 bits per heavy atom. The third-order valence-electron chi connectivity index (χ3n) is 3.09. The Balaban J connectivity index is 2.07. The zero-order valence-corrected chi connectivity index (χ0v) is 10.8. The predicted molar refractivity (Wildman–Crippen MR) is 73.8 cm³/mol. The van der Waals surface area contributed by atoms with Gasteiger partial charge in [-0.3, -0.25) is 9.59 Å². The zero-order valence-electron chi connectivity index (χ0n) is 10.8. The molecule has 6 heteroatoms. The summed E-state index contributed by atoms with van der Waals surface area (Å²) in [6.45, 7) is 2.73. The number of anilines is 2. The van der Waals surface area contributed by atoms with Crippen LogP contribution in [0.3, 0.4) is 0 Å². The first-order chi connectivity index (χ1) is 9.11. The molecule has 2 amide bonds. The molecule has 102 valence electrons. The second-order valence-electron chi connectivity index (χ2n) is 4.44. The van der Waals surface area contributed by atoms with Gasteiger partial charge in [0.2, 0.25) is 11.8 Å². The van der Waals surface area contributed by atoms with Gasteiger partial charge < -0.3 is 21.3 Å². The van der Waals surface area contributed by atoms with Crippen molar-refractivity contribution in [2.75, 3.05) is 30.3 Å². The van der Waals surface area contributed by atoms with Gasteiger partial charge in [0.1, 0.15) is 6.04 Å². The van der Waals surface area contributed by atoms with Crippen LogP contribution in [0.2, 0.25) is 0 Å². The van der Waals surface area contributed by atoms with Gasteiger partial charge in [0.15, 0.2) is 0 Å². The maximum atomic E-state index is 12.3. The first-order valence-electron chi connectivity index (χ1n) is 6.28. The van der Waals surface area contributed by atoms with E-state index in [0.29, 0.717) is 13.1 Å². The van der Waals surface area contributed by atoms with Crippen molar-refractivity contribution in [3.63, 3.8) is 0 Å². The Morgan fingerprint density at radius 2 is 2.05 bits per heavy atom. The molecular weight excluding hydrogens is 244 g/mol. The van der Waals surface area contributed by atoms with Gasteiger partial charge in [-0.05, 0) is 19.1 Å². The van der Waals surface area contributed by atoms with Crippen LogP contribution in [-0.2, 0) is 9.59 Å². The van der Waals surface area contributed by atoms with Gasteiger partial charge in [-0.25, -0.2) is 0 Å². The van der Waals surface area contributed by atoms with E-state index in [4.69, 9.17) is 5.73 Å². The molecule has 19 heavy (non-hydrogen) atoms. The second kappa shape index (κ2) is 5.60. The minimum absolute atomic E-state index is 0.0465. The fraction of sp³-hybridized carbons (Fsp3) is 0.385. The molecule has 1 aromatic carbocycles. The first kappa shape index (κ1) is 13.2. The van der Waals surface area contributed by atoms with Crippen LogP contribution in [0.25, 0.3) is 0 Å². The molecule has 1 aromatic rings. The van der Waals surface area contributed by atoms with Crippen molar-refractivity contribution in [1.29, 1.82) is 0 Å². The normalized spacial score (nSPS) is 16.8. The summed E-state index contributed by atoms with van der Waals surface area (Å²) >= 11 is 0. The standard InChI is InChI=1S/C13H18N4O2/c1-2-17(8-12(14)18)13(19)11-7-15-9-5-3-4-6-10(9)16-11/h3-6,11,15-16H,2,7-8H2,1H3,(H2,14,18). The largest absolute Gasteiger partial charge is 0.381 e. The van der Waals surface area contributed by atoms with Crippen LogP contribution in [0.5, 0.6) is 0 Å². The van der Waals surface area contributed by atoms with Crippen molar-refractivity contribution in [3.05, 3.63) is 24.3 Å². The number of rotatable bonds is 4. The van der Waals surface area contributed by atoms with Crippen LogP contribution in [0.1, 0.15) is 6.92 Å². The molecule has 0 aromatic heterocycles. The fourth-order valence-electron chi connectivity index (χ4n) is 2.12. The fourth-order valence-corrected chi connectivity index (χ4v) is 2.12. The molecular formula is C13H18N4O2. The maximum Gasteiger partial charge on any atom is 0.247 e. The van der Waals surface area contributed by atoms with Crippen molar-refractivity contribution in [3.8, 4) is 0 Å². The molecule has 0 radical (unpaired) electrons. The molecule has 6 nitrogen and oxygen atoms in total. The van der Waals surface area contributed by atoms with Crippen LogP contribution in [0, 0.1) is 0 Å². The van der Waals surface area contributed by atoms with Crippen molar-refractivity contribution >= 4 is 23.2 Å². The number of benzene rings is 1. The van der Waals surface area contributed by atoms with Gasteiger partial charge in [0.25, 0.3) is 0 Å². The molecule has 1 unspecified atom stereocenters. The summed E-state index contributed by atoms with van der Waals surface area (Å²) in [4.78, 5) is 24.7. The molecule has 1 atom stereocenters. The highest BCUT2D eigenvalue weighted by Gasteiger charge is 2.27. The lowest BCUT2D eigenvalue weighted by Gasteiger charge is -2.31. The van der Waals surface area contributed by atoms with Gasteiger partial charge in [0.05, 0.1) is 17.9 Å². The van der Waals surface area contributed by atoms with Crippen LogP contribution < -0.4 is 16.4 Å². The molecule has 0 saturated carbocycles. The molecule has 0 saturated heterocycles. The lowest BCUT2D eigenvalue weighted by atomic mass is 10.1. The average Bonchev–Trinajstić information content (AvgIpc) is 2.43. The van der Waals surface area contributed by atoms with E-state index in [1.165, 1.54) is 4.90 Å². The number of primary amides is 1. The Morgan fingerprint density at radius 3 is 2.68 bits per heavy atom. The van der Waals surface area contributed by atoms with E-state index in [-0.39, 0.29) is 18.5 Å². The summed E-state index contributed by atoms with van der Waals surface area (Å²) in [7, 11) is 0. The number of nitrogens with two attached hydrogens (primary N) is 1. The number of carbonyl (C=O) groups is 2. The zero-order chi connectivity index (χ0) is 13.8. The molecule has 0 aliphatic carbocycles. The van der Waals surface area contributed by atoms with E-state index in [1.54, 1.807) is 0 Å². The van der Waals surface area contributed by atoms with Gasteiger partial charge in [-0.15, -0.1) is 0 Å². The van der Waals surface area contributed by atoms with Gasteiger partial charge in [-0.1, -0.05) is 12.1 Å². The Labute approximate surface area is 112 Å². The molecule has 1 heterocycles. The minimum atomic E-state index is -0.501. The molecule has 4 N–H and O–H groups in total. The van der Waals surface area contributed by atoms with Gasteiger partial charge in [0, 0.05) is 13.1 Å². The summed E-state index contributed by atoms with van der Waals surface area (Å²) in [6.07, 6.45) is 0. The summed E-state index contributed by atoms with van der Waals surface area (Å²) in [6, 6.07) is 7.31. The average molecular weight is 262 g/mol. The summed E-state index contributed by atoms with van der Waals surface area (Å²) in [5.41, 5.74) is 7.01. The smallest absolute Gasteiger partial charge is 0.247 e. The maximum absolute atomic E-state index is 12.3. The summed E-state index contributed by atoms with van der Waals surface area (Å²) in [5, 5.41) is 6.38. The van der Waals surface area contributed by atoms with Crippen LogP contribution in [0.4, 0.5) is 11.4 Å². The number of hydrogen-bond donors (Lipinski definition) is 3. The second-order valence-corrected chi connectivity index (χ2v) is 4.44. The topological polar surface area (TPSA) is 87.5 Å². The summed E-state index contributed by atoms with van der Waals surface area (Å²) < 4.78 is 0. The SMILES string of the molecule is CCN(CC(N)=O)C(=O)C1CNc2ccccc2N1. The molecule has 0 spiro atoms. The van der Waals surface area contributed by atoms with E-state index in [1.807, 2.05) is 31.2 Å². The lowest BCUT2D eigenvalue weighted by Crippen LogP contribution is -2.50. The molecule has 0 bridgehead atoms. The number of hydrogen-bond acceptors (Lipinski definition) is 4. The summed E-state index contributed by atoms with van der Waals surface area (Å²) in [5.74, 6) is -0.623. The van der Waals surface area contributed by atoms with E-state index in [9.17, 15) is 9.59 Å². The third-order valence-corrected chi connectivity index (χ3v) is 3.09. The highest BCUT2D eigenvalue weighted by atomic mass is 16.2. The number of fused-ring (bicyclic) bond motifs is 1. The van der Waals surface area contributed by atoms with Crippen LogP contribution in [-0.4, -0.2) is 42.4 Å². The number of likely N-dealkylation sites (N-methyl/N-ethyl adjacent to an activating group) is 1. The number of nitrogens with one attached hydrogen (secondary N) is 2. The van der Waals surface area contributed by atoms with Gasteiger partial charge >= 0.3 is 0 Å². The number of amides is 2. The quantitative estimate of drug-likeness (QED) is 0.724. The molecule has 0 fully saturated rings. The molecule has 2 rings (SSSR count). The van der Waals surface area contributed by atoms with Crippen molar-refractivity contribution in [1.82, 2.24) is 4.90 Å². The Kier molecular flexibility index (Phi) is 3.89. The monoisotopic (exact) mass is 262 g/mol. The number of carbonyl (C=O) groups excluding carboxylic acids is 2. The van der Waals surface area contributed by atoms with E-state index < -0.39 is 5.91 Å².